The molecular formula is C15H19NOS. The third-order valence-electron chi connectivity index (χ3n) is 2.91. The Labute approximate surface area is 113 Å². The molecule has 0 saturated heterocycles. The van der Waals surface area contributed by atoms with Gasteiger partial charge in [0.15, 0.2) is 0 Å². The van der Waals surface area contributed by atoms with Crippen molar-refractivity contribution in [1.29, 1.82) is 0 Å². The summed E-state index contributed by atoms with van der Waals surface area (Å²) in [6.07, 6.45) is -0.509. The monoisotopic (exact) mass is 261 g/mol. The van der Waals surface area contributed by atoms with Gasteiger partial charge in [-0.2, -0.15) is 0 Å². The molecule has 1 N–H and O–H groups in total. The summed E-state index contributed by atoms with van der Waals surface area (Å²) in [5, 5.41) is 10.4. The third kappa shape index (κ3) is 2.99. The molecule has 0 aliphatic rings. The minimum absolute atomic E-state index is 0.509. The van der Waals surface area contributed by atoms with Crippen LogP contribution in [0.25, 0.3) is 0 Å². The molecule has 2 aromatic rings. The SMILES string of the molecule is Cc1sc(C(O)c2ccccc2)cc1CN(C)C. The summed E-state index contributed by atoms with van der Waals surface area (Å²) >= 11 is 1.68. The van der Waals surface area contributed by atoms with E-state index in [-0.39, 0.29) is 0 Å². The van der Waals surface area contributed by atoms with Gasteiger partial charge in [0.25, 0.3) is 0 Å². The quantitative estimate of drug-likeness (QED) is 0.913. The molecule has 0 fully saturated rings. The molecule has 1 atom stereocenters. The van der Waals surface area contributed by atoms with Gasteiger partial charge in [0, 0.05) is 16.3 Å². The number of aliphatic hydroxyl groups excluding tert-OH is 1. The highest BCUT2D eigenvalue weighted by Crippen LogP contribution is 2.31. The fraction of sp³-hybridized carbons (Fsp3) is 0.333. The maximum atomic E-state index is 10.4. The van der Waals surface area contributed by atoms with Crippen LogP contribution in [-0.4, -0.2) is 24.1 Å². The number of benzene rings is 1. The lowest BCUT2D eigenvalue weighted by molar-refractivity contribution is 0.224. The van der Waals surface area contributed by atoms with Crippen molar-refractivity contribution in [3.8, 4) is 0 Å². The molecular weight excluding hydrogens is 242 g/mol. The second-order valence-corrected chi connectivity index (χ2v) is 6.07. The van der Waals surface area contributed by atoms with Gasteiger partial charge in [-0.3, -0.25) is 0 Å². The van der Waals surface area contributed by atoms with Gasteiger partial charge in [-0.1, -0.05) is 30.3 Å². The van der Waals surface area contributed by atoms with E-state index in [4.69, 9.17) is 0 Å². The lowest BCUT2D eigenvalue weighted by Gasteiger charge is -2.09. The van der Waals surface area contributed by atoms with Crippen LogP contribution >= 0.6 is 11.3 Å². The Hall–Kier alpha value is -1.16. The molecule has 96 valence electrons. The van der Waals surface area contributed by atoms with Crippen molar-refractivity contribution in [3.05, 3.63) is 57.3 Å². The van der Waals surface area contributed by atoms with Gasteiger partial charge in [-0.05, 0) is 38.2 Å². The third-order valence-corrected chi connectivity index (χ3v) is 4.06. The van der Waals surface area contributed by atoms with Crippen LogP contribution in [-0.2, 0) is 6.54 Å². The molecule has 0 aliphatic carbocycles. The van der Waals surface area contributed by atoms with Gasteiger partial charge in [-0.25, -0.2) is 0 Å². The number of aryl methyl sites for hydroxylation is 1. The first-order chi connectivity index (χ1) is 8.58. The van der Waals surface area contributed by atoms with Crippen molar-refractivity contribution < 1.29 is 5.11 Å². The molecule has 2 nitrogen and oxygen atoms in total. The van der Waals surface area contributed by atoms with Crippen molar-refractivity contribution in [2.24, 2.45) is 0 Å². The first-order valence-electron chi connectivity index (χ1n) is 6.05. The molecule has 0 saturated carbocycles. The van der Waals surface area contributed by atoms with E-state index in [9.17, 15) is 5.11 Å². The summed E-state index contributed by atoms with van der Waals surface area (Å²) < 4.78 is 0. The predicted octanol–water partition coefficient (Wildman–Crippen LogP) is 3.20. The Bertz CT molecular complexity index is 504. The van der Waals surface area contributed by atoms with Crippen LogP contribution in [0.1, 0.15) is 27.0 Å². The lowest BCUT2D eigenvalue weighted by atomic mass is 10.1. The number of thiophene rings is 1. The highest BCUT2D eigenvalue weighted by Gasteiger charge is 2.15. The molecule has 3 heteroatoms. The highest BCUT2D eigenvalue weighted by atomic mass is 32.1. The van der Waals surface area contributed by atoms with E-state index >= 15 is 0 Å². The van der Waals surface area contributed by atoms with E-state index in [1.165, 1.54) is 10.4 Å². The normalized spacial score (nSPS) is 12.9. The van der Waals surface area contributed by atoms with Crippen molar-refractivity contribution in [1.82, 2.24) is 4.90 Å². The van der Waals surface area contributed by atoms with Gasteiger partial charge in [-0.15, -0.1) is 11.3 Å². The summed E-state index contributed by atoms with van der Waals surface area (Å²) in [7, 11) is 4.12. The van der Waals surface area contributed by atoms with E-state index < -0.39 is 6.10 Å². The summed E-state index contributed by atoms with van der Waals surface area (Å²) in [6, 6.07) is 11.9. The molecule has 1 aromatic heterocycles. The maximum Gasteiger partial charge on any atom is 0.113 e. The number of hydrogen-bond donors (Lipinski definition) is 1. The van der Waals surface area contributed by atoms with Crippen LogP contribution in [0.2, 0.25) is 0 Å². The molecule has 1 aromatic carbocycles. The second kappa shape index (κ2) is 5.65. The van der Waals surface area contributed by atoms with Crippen molar-refractivity contribution >= 4 is 11.3 Å². The molecule has 0 radical (unpaired) electrons. The summed E-state index contributed by atoms with van der Waals surface area (Å²) in [5.74, 6) is 0. The van der Waals surface area contributed by atoms with Gasteiger partial charge >= 0.3 is 0 Å². The predicted molar refractivity (Wildman–Crippen MR) is 77.0 cm³/mol. The zero-order valence-corrected chi connectivity index (χ0v) is 11.9. The van der Waals surface area contributed by atoms with Gasteiger partial charge < -0.3 is 10.0 Å². The minimum Gasteiger partial charge on any atom is -0.383 e. The smallest absolute Gasteiger partial charge is 0.113 e. The molecule has 0 aliphatic heterocycles. The molecule has 0 amide bonds. The van der Waals surface area contributed by atoms with Crippen LogP contribution in [0, 0.1) is 6.92 Å². The highest BCUT2D eigenvalue weighted by molar-refractivity contribution is 7.12. The Balaban J connectivity index is 2.24. The van der Waals surface area contributed by atoms with Crippen LogP contribution in [0.3, 0.4) is 0 Å². The maximum absolute atomic E-state index is 10.4. The zero-order valence-electron chi connectivity index (χ0n) is 11.1. The Morgan fingerprint density at radius 1 is 1.22 bits per heavy atom. The first-order valence-corrected chi connectivity index (χ1v) is 6.86. The topological polar surface area (TPSA) is 23.5 Å². The molecule has 0 bridgehead atoms. The summed E-state index contributed by atoms with van der Waals surface area (Å²) in [5.41, 5.74) is 2.25. The van der Waals surface area contributed by atoms with Crippen LogP contribution in [0.4, 0.5) is 0 Å². The Morgan fingerprint density at radius 3 is 2.50 bits per heavy atom. The average Bonchev–Trinajstić information content (AvgIpc) is 2.70. The van der Waals surface area contributed by atoms with Crippen LogP contribution in [0.15, 0.2) is 36.4 Å². The lowest BCUT2D eigenvalue weighted by Crippen LogP contribution is -2.10. The van der Waals surface area contributed by atoms with E-state index in [1.807, 2.05) is 30.3 Å². The second-order valence-electron chi connectivity index (χ2n) is 4.78. The van der Waals surface area contributed by atoms with E-state index in [1.54, 1.807) is 11.3 Å². The number of aliphatic hydroxyl groups is 1. The molecule has 1 heterocycles. The van der Waals surface area contributed by atoms with Crippen LogP contribution < -0.4 is 0 Å². The summed E-state index contributed by atoms with van der Waals surface area (Å²) in [6.45, 7) is 3.04. The zero-order chi connectivity index (χ0) is 13.1. The van der Waals surface area contributed by atoms with E-state index in [2.05, 4.69) is 32.0 Å². The minimum atomic E-state index is -0.509. The average molecular weight is 261 g/mol. The van der Waals surface area contributed by atoms with Crippen LogP contribution in [0.5, 0.6) is 0 Å². The molecule has 2 rings (SSSR count). The van der Waals surface area contributed by atoms with E-state index in [0.29, 0.717) is 0 Å². The number of rotatable bonds is 4. The first kappa shape index (κ1) is 13.3. The molecule has 1 unspecified atom stereocenters. The Kier molecular flexibility index (Phi) is 4.17. The fourth-order valence-electron chi connectivity index (χ4n) is 1.98. The molecule has 18 heavy (non-hydrogen) atoms. The van der Waals surface area contributed by atoms with E-state index in [0.717, 1.165) is 17.0 Å². The van der Waals surface area contributed by atoms with Gasteiger partial charge in [0.1, 0.15) is 6.10 Å². The van der Waals surface area contributed by atoms with Crippen molar-refractivity contribution in [2.75, 3.05) is 14.1 Å². The number of nitrogens with zero attached hydrogens (tertiary/aromatic N) is 1. The number of hydrogen-bond acceptors (Lipinski definition) is 3. The van der Waals surface area contributed by atoms with Crippen molar-refractivity contribution in [3.63, 3.8) is 0 Å². The van der Waals surface area contributed by atoms with Gasteiger partial charge in [0.2, 0.25) is 0 Å². The largest absolute Gasteiger partial charge is 0.383 e. The van der Waals surface area contributed by atoms with Gasteiger partial charge in [0.05, 0.1) is 0 Å². The standard InChI is InChI=1S/C15H19NOS/c1-11-13(10-16(2)3)9-14(18-11)15(17)12-7-5-4-6-8-12/h4-9,15,17H,10H2,1-3H3. The molecule has 0 spiro atoms. The Morgan fingerprint density at radius 2 is 1.89 bits per heavy atom. The summed E-state index contributed by atoms with van der Waals surface area (Å²) in [4.78, 5) is 4.46. The fourth-order valence-corrected chi connectivity index (χ4v) is 3.03. The van der Waals surface area contributed by atoms with Crippen molar-refractivity contribution in [2.45, 2.75) is 19.6 Å².